The van der Waals surface area contributed by atoms with Crippen LogP contribution in [0.1, 0.15) is 120 Å². The number of hydrogen-bond donors (Lipinski definition) is 1. The van der Waals surface area contributed by atoms with Crippen molar-refractivity contribution in [1.29, 1.82) is 0 Å². The first-order chi connectivity index (χ1) is 14.4. The highest BCUT2D eigenvalue weighted by molar-refractivity contribution is 5.38. The van der Waals surface area contributed by atoms with Gasteiger partial charge in [0.25, 0.3) is 0 Å². The third kappa shape index (κ3) is 3.34. The Hall–Kier alpha value is -0.560. The van der Waals surface area contributed by atoms with Crippen molar-refractivity contribution in [3.8, 4) is 0 Å². The summed E-state index contributed by atoms with van der Waals surface area (Å²) in [5, 5.41) is 10.8. The van der Waals surface area contributed by atoms with Gasteiger partial charge in [0, 0.05) is 0 Å². The van der Waals surface area contributed by atoms with E-state index in [0.29, 0.717) is 22.2 Å². The van der Waals surface area contributed by atoms with Gasteiger partial charge in [0.05, 0.1) is 6.10 Å². The smallest absolute Gasteiger partial charge is 0.0594 e. The molecule has 1 N–H and O–H groups in total. The SMILES string of the molecule is CC(C)=CCC[C@H](C)[C@H]1CC[C@@]2(C)C3=C(CC[C@]12C)[C@@]1(C)CC[C@@H](O)C(C)(C)[C@@H]1CC3. The molecule has 0 spiro atoms. The molecule has 7 atom stereocenters. The van der Waals surface area contributed by atoms with Crippen molar-refractivity contribution in [2.45, 2.75) is 126 Å². The van der Waals surface area contributed by atoms with Gasteiger partial charge in [0.1, 0.15) is 0 Å². The molecule has 0 saturated heterocycles. The molecule has 4 aliphatic rings. The Bertz CT molecular complexity index is 767. The van der Waals surface area contributed by atoms with Crippen LogP contribution in [0.15, 0.2) is 22.8 Å². The van der Waals surface area contributed by atoms with Gasteiger partial charge in [-0.25, -0.2) is 0 Å². The third-order valence-corrected chi connectivity index (χ3v) is 11.7. The lowest BCUT2D eigenvalue weighted by Gasteiger charge is -2.62. The standard InChI is InChI=1S/C30H50O/c1-20(2)10-9-11-21(3)22-14-18-30(8)24-12-13-25-27(4,5)26(31)16-17-28(25,6)23(24)15-19-29(22,30)7/h10,21-22,25-26,31H,9,11-19H2,1-8H3/t21-,22+,25-,26+,28+,29+,30-/m0/s1. The summed E-state index contributed by atoms with van der Waals surface area (Å²) >= 11 is 0. The van der Waals surface area contributed by atoms with Crippen LogP contribution in [-0.4, -0.2) is 11.2 Å². The Morgan fingerprint density at radius 3 is 2.35 bits per heavy atom. The molecule has 0 amide bonds. The Kier molecular flexibility index (Phi) is 5.90. The zero-order valence-corrected chi connectivity index (χ0v) is 21.9. The van der Waals surface area contributed by atoms with Gasteiger partial charge in [-0.15, -0.1) is 0 Å². The maximum atomic E-state index is 10.8. The van der Waals surface area contributed by atoms with Gasteiger partial charge < -0.3 is 5.11 Å². The summed E-state index contributed by atoms with van der Waals surface area (Å²) in [5.41, 5.74) is 6.41. The van der Waals surface area contributed by atoms with E-state index in [-0.39, 0.29) is 11.5 Å². The number of rotatable bonds is 4. The van der Waals surface area contributed by atoms with E-state index >= 15 is 0 Å². The van der Waals surface area contributed by atoms with Crippen molar-refractivity contribution >= 4 is 0 Å². The van der Waals surface area contributed by atoms with Gasteiger partial charge >= 0.3 is 0 Å². The maximum absolute atomic E-state index is 10.8. The molecule has 0 aromatic carbocycles. The molecule has 1 nitrogen and oxygen atoms in total. The van der Waals surface area contributed by atoms with Crippen LogP contribution in [0.25, 0.3) is 0 Å². The van der Waals surface area contributed by atoms with E-state index in [1.54, 1.807) is 0 Å². The molecule has 0 radical (unpaired) electrons. The van der Waals surface area contributed by atoms with Crippen molar-refractivity contribution in [2.75, 3.05) is 0 Å². The van der Waals surface area contributed by atoms with E-state index < -0.39 is 0 Å². The average molecular weight is 427 g/mol. The molecule has 2 saturated carbocycles. The van der Waals surface area contributed by atoms with Crippen LogP contribution in [0.4, 0.5) is 0 Å². The van der Waals surface area contributed by atoms with Gasteiger partial charge in [-0.1, -0.05) is 64.3 Å². The lowest BCUT2D eigenvalue weighted by atomic mass is 9.43. The predicted molar refractivity (Wildman–Crippen MR) is 133 cm³/mol. The van der Waals surface area contributed by atoms with Crippen molar-refractivity contribution < 1.29 is 5.11 Å². The second-order valence-electron chi connectivity index (χ2n) is 13.6. The topological polar surface area (TPSA) is 20.2 Å². The van der Waals surface area contributed by atoms with Crippen LogP contribution in [0, 0.1) is 39.4 Å². The molecule has 0 aromatic heterocycles. The summed E-state index contributed by atoms with van der Waals surface area (Å²) in [6.45, 7) is 19.6. The number of fused-ring (bicyclic) bond motifs is 4. The minimum absolute atomic E-state index is 0.0465. The highest BCUT2D eigenvalue weighted by Gasteiger charge is 2.63. The van der Waals surface area contributed by atoms with E-state index in [2.05, 4.69) is 61.5 Å². The lowest BCUT2D eigenvalue weighted by Crippen LogP contribution is -2.55. The largest absolute Gasteiger partial charge is 0.393 e. The second-order valence-corrected chi connectivity index (χ2v) is 13.6. The van der Waals surface area contributed by atoms with E-state index in [1.807, 2.05) is 11.1 Å². The normalized spacial score (nSPS) is 44.9. The van der Waals surface area contributed by atoms with Gasteiger partial charge in [0.15, 0.2) is 0 Å². The summed E-state index contributed by atoms with van der Waals surface area (Å²) in [6.07, 6.45) is 15.2. The van der Waals surface area contributed by atoms with Gasteiger partial charge in [0.2, 0.25) is 0 Å². The first-order valence-corrected chi connectivity index (χ1v) is 13.4. The quantitative estimate of drug-likeness (QED) is 0.447. The van der Waals surface area contributed by atoms with Gasteiger partial charge in [-0.05, 0) is 117 Å². The molecule has 176 valence electrons. The molecule has 31 heavy (non-hydrogen) atoms. The minimum atomic E-state index is -0.130. The van der Waals surface area contributed by atoms with Crippen molar-refractivity contribution in [2.24, 2.45) is 39.4 Å². The van der Waals surface area contributed by atoms with E-state index in [4.69, 9.17) is 0 Å². The first-order valence-electron chi connectivity index (χ1n) is 13.4. The fourth-order valence-electron chi connectivity index (χ4n) is 9.47. The lowest BCUT2D eigenvalue weighted by molar-refractivity contribution is -0.0962. The van der Waals surface area contributed by atoms with Crippen LogP contribution >= 0.6 is 0 Å². The fourth-order valence-corrected chi connectivity index (χ4v) is 9.47. The molecule has 2 fully saturated rings. The monoisotopic (exact) mass is 426 g/mol. The number of aliphatic hydroxyl groups excluding tert-OH is 1. The minimum Gasteiger partial charge on any atom is -0.393 e. The highest BCUT2D eigenvalue weighted by atomic mass is 16.3. The summed E-state index contributed by atoms with van der Waals surface area (Å²) in [4.78, 5) is 0. The van der Waals surface area contributed by atoms with Crippen molar-refractivity contribution in [3.63, 3.8) is 0 Å². The van der Waals surface area contributed by atoms with Crippen LogP contribution < -0.4 is 0 Å². The molecule has 0 aliphatic heterocycles. The zero-order chi connectivity index (χ0) is 22.8. The van der Waals surface area contributed by atoms with E-state index in [1.165, 1.54) is 63.4 Å². The predicted octanol–water partition coefficient (Wildman–Crippen LogP) is 8.48. The van der Waals surface area contributed by atoms with Crippen molar-refractivity contribution in [3.05, 3.63) is 22.8 Å². The van der Waals surface area contributed by atoms with Crippen LogP contribution in [0.5, 0.6) is 0 Å². The van der Waals surface area contributed by atoms with E-state index in [0.717, 1.165) is 18.3 Å². The Morgan fingerprint density at radius 1 is 0.968 bits per heavy atom. The third-order valence-electron chi connectivity index (χ3n) is 11.7. The Labute approximate surface area is 193 Å². The molecule has 0 aromatic rings. The molecule has 0 heterocycles. The number of allylic oxidation sites excluding steroid dienone is 4. The van der Waals surface area contributed by atoms with Crippen LogP contribution in [0.3, 0.4) is 0 Å². The van der Waals surface area contributed by atoms with Crippen LogP contribution in [0.2, 0.25) is 0 Å². The van der Waals surface area contributed by atoms with Crippen LogP contribution in [-0.2, 0) is 0 Å². The van der Waals surface area contributed by atoms with Gasteiger partial charge in [-0.2, -0.15) is 0 Å². The highest BCUT2D eigenvalue weighted by Crippen LogP contribution is 2.72. The van der Waals surface area contributed by atoms with Gasteiger partial charge in [-0.3, -0.25) is 0 Å². The molecule has 4 aliphatic carbocycles. The number of aliphatic hydroxyl groups is 1. The van der Waals surface area contributed by atoms with Crippen molar-refractivity contribution in [1.82, 2.24) is 0 Å². The summed E-state index contributed by atoms with van der Waals surface area (Å²) in [5.74, 6) is 2.32. The van der Waals surface area contributed by atoms with E-state index in [9.17, 15) is 5.11 Å². The molecule has 4 rings (SSSR count). The Balaban J connectivity index is 1.65. The summed E-state index contributed by atoms with van der Waals surface area (Å²) in [6, 6.07) is 0. The average Bonchev–Trinajstić information content (AvgIpc) is 2.96. The molecular weight excluding hydrogens is 376 g/mol. The molecule has 1 heteroatoms. The maximum Gasteiger partial charge on any atom is 0.0594 e. The summed E-state index contributed by atoms with van der Waals surface area (Å²) in [7, 11) is 0. The fraction of sp³-hybridized carbons (Fsp3) is 0.867. The molecule has 0 unspecified atom stereocenters. The zero-order valence-electron chi connectivity index (χ0n) is 21.9. The summed E-state index contributed by atoms with van der Waals surface area (Å²) < 4.78 is 0. The molecule has 0 bridgehead atoms. The Morgan fingerprint density at radius 2 is 1.68 bits per heavy atom. The molecular formula is C30H50O. The number of hydrogen-bond acceptors (Lipinski definition) is 1. The first kappa shape index (κ1) is 23.6. The second kappa shape index (κ2) is 7.75.